The van der Waals surface area contributed by atoms with E-state index in [1.807, 2.05) is 6.92 Å². The summed E-state index contributed by atoms with van der Waals surface area (Å²) in [5.41, 5.74) is 6.23. The number of carbonyl (C=O) groups is 3. The van der Waals surface area contributed by atoms with Crippen molar-refractivity contribution in [2.75, 3.05) is 11.9 Å². The van der Waals surface area contributed by atoms with Gasteiger partial charge in [0.25, 0.3) is 0 Å². The number of hydrogen-bond acceptors (Lipinski definition) is 5. The number of carbonyl (C=O) groups excluding carboxylic acids is 2. The standard InChI is InChI=1S/C14H18N2O5/c1-2-7-21-14(20)9-3-5-10(6-4-9)16-13(19)11(15)8-12(17)18/h3-6,11H,2,7-8,15H2,1H3,(H,16,19)(H,17,18). The monoisotopic (exact) mass is 294 g/mol. The van der Waals surface area contributed by atoms with E-state index >= 15 is 0 Å². The molecule has 1 atom stereocenters. The van der Waals surface area contributed by atoms with Crippen LogP contribution in [-0.2, 0) is 14.3 Å². The predicted molar refractivity (Wildman–Crippen MR) is 75.9 cm³/mol. The van der Waals surface area contributed by atoms with Gasteiger partial charge < -0.3 is 20.9 Å². The van der Waals surface area contributed by atoms with Crippen LogP contribution >= 0.6 is 0 Å². The third-order valence-electron chi connectivity index (χ3n) is 2.56. The molecule has 0 radical (unpaired) electrons. The van der Waals surface area contributed by atoms with Gasteiger partial charge in [0.1, 0.15) is 0 Å². The number of rotatable bonds is 7. The maximum Gasteiger partial charge on any atom is 0.338 e. The molecular weight excluding hydrogens is 276 g/mol. The lowest BCUT2D eigenvalue weighted by Gasteiger charge is -2.10. The van der Waals surface area contributed by atoms with Gasteiger partial charge in [-0.15, -0.1) is 0 Å². The summed E-state index contributed by atoms with van der Waals surface area (Å²) >= 11 is 0. The molecule has 0 saturated heterocycles. The van der Waals surface area contributed by atoms with Crippen LogP contribution in [-0.4, -0.2) is 35.6 Å². The maximum absolute atomic E-state index is 11.6. The van der Waals surface area contributed by atoms with Crippen molar-refractivity contribution < 1.29 is 24.2 Å². The summed E-state index contributed by atoms with van der Waals surface area (Å²) < 4.78 is 4.97. The zero-order valence-electron chi connectivity index (χ0n) is 11.7. The molecule has 4 N–H and O–H groups in total. The average Bonchev–Trinajstić information content (AvgIpc) is 2.44. The molecule has 0 heterocycles. The highest BCUT2D eigenvalue weighted by Gasteiger charge is 2.17. The second-order valence-corrected chi connectivity index (χ2v) is 4.41. The van der Waals surface area contributed by atoms with E-state index in [1.54, 1.807) is 0 Å². The molecule has 0 aliphatic carbocycles. The first-order chi connectivity index (χ1) is 9.93. The molecule has 114 valence electrons. The second-order valence-electron chi connectivity index (χ2n) is 4.41. The van der Waals surface area contributed by atoms with Crippen LogP contribution in [0.5, 0.6) is 0 Å². The summed E-state index contributed by atoms with van der Waals surface area (Å²) in [6.45, 7) is 2.24. The van der Waals surface area contributed by atoms with E-state index < -0.39 is 30.3 Å². The molecule has 0 fully saturated rings. The van der Waals surface area contributed by atoms with Crippen LogP contribution in [0.25, 0.3) is 0 Å². The molecule has 1 unspecified atom stereocenters. The Hall–Kier alpha value is -2.41. The van der Waals surface area contributed by atoms with Crippen molar-refractivity contribution >= 4 is 23.5 Å². The van der Waals surface area contributed by atoms with Gasteiger partial charge in [-0.2, -0.15) is 0 Å². The van der Waals surface area contributed by atoms with E-state index in [2.05, 4.69) is 5.32 Å². The average molecular weight is 294 g/mol. The van der Waals surface area contributed by atoms with Gasteiger partial charge in [-0.3, -0.25) is 9.59 Å². The van der Waals surface area contributed by atoms with Crippen LogP contribution in [0.15, 0.2) is 24.3 Å². The molecule has 0 saturated carbocycles. The lowest BCUT2D eigenvalue weighted by Crippen LogP contribution is -2.37. The molecular formula is C14H18N2O5. The Morgan fingerprint density at radius 3 is 2.43 bits per heavy atom. The zero-order chi connectivity index (χ0) is 15.8. The number of carboxylic acid groups (broad SMARTS) is 1. The SMILES string of the molecule is CCCOC(=O)c1ccc(NC(=O)C(N)CC(=O)O)cc1. The first-order valence-electron chi connectivity index (χ1n) is 6.49. The number of ether oxygens (including phenoxy) is 1. The Balaban J connectivity index is 2.60. The number of benzene rings is 1. The van der Waals surface area contributed by atoms with E-state index in [0.29, 0.717) is 17.9 Å². The summed E-state index contributed by atoms with van der Waals surface area (Å²) in [4.78, 5) is 33.6. The number of esters is 1. The minimum atomic E-state index is -1.15. The number of nitrogens with one attached hydrogen (secondary N) is 1. The molecule has 21 heavy (non-hydrogen) atoms. The molecule has 1 aromatic carbocycles. The Kier molecular flexibility index (Phi) is 6.35. The van der Waals surface area contributed by atoms with Crippen LogP contribution in [0.1, 0.15) is 30.1 Å². The van der Waals surface area contributed by atoms with Crippen molar-refractivity contribution in [2.45, 2.75) is 25.8 Å². The van der Waals surface area contributed by atoms with Crippen LogP contribution < -0.4 is 11.1 Å². The Morgan fingerprint density at radius 1 is 1.29 bits per heavy atom. The first kappa shape index (κ1) is 16.6. The topological polar surface area (TPSA) is 119 Å². The molecule has 0 aromatic heterocycles. The molecule has 0 bridgehead atoms. The smallest absolute Gasteiger partial charge is 0.338 e. The molecule has 7 nitrogen and oxygen atoms in total. The highest BCUT2D eigenvalue weighted by molar-refractivity contribution is 5.97. The molecule has 0 aliphatic heterocycles. The number of anilines is 1. The second kappa shape index (κ2) is 8.01. The van der Waals surface area contributed by atoms with Gasteiger partial charge in [0.2, 0.25) is 5.91 Å². The van der Waals surface area contributed by atoms with Crippen molar-refractivity contribution in [1.29, 1.82) is 0 Å². The molecule has 7 heteroatoms. The number of hydrogen-bond donors (Lipinski definition) is 3. The van der Waals surface area contributed by atoms with Crippen molar-refractivity contribution in [3.63, 3.8) is 0 Å². The van der Waals surface area contributed by atoms with E-state index in [4.69, 9.17) is 15.6 Å². The van der Waals surface area contributed by atoms with Gasteiger partial charge in [0, 0.05) is 5.69 Å². The maximum atomic E-state index is 11.6. The summed E-state index contributed by atoms with van der Waals surface area (Å²) in [5.74, 6) is -2.18. The highest BCUT2D eigenvalue weighted by atomic mass is 16.5. The fraction of sp³-hybridized carbons (Fsp3) is 0.357. The first-order valence-corrected chi connectivity index (χ1v) is 6.49. The highest BCUT2D eigenvalue weighted by Crippen LogP contribution is 2.11. The van der Waals surface area contributed by atoms with Gasteiger partial charge in [-0.05, 0) is 30.7 Å². The molecule has 0 spiro atoms. The predicted octanol–water partition coefficient (Wildman–Crippen LogP) is 0.994. The lowest BCUT2D eigenvalue weighted by molar-refractivity contribution is -0.138. The van der Waals surface area contributed by atoms with Gasteiger partial charge >= 0.3 is 11.9 Å². The normalized spacial score (nSPS) is 11.5. The number of amides is 1. The molecule has 0 aliphatic rings. The minimum absolute atomic E-state index is 0.349. The Morgan fingerprint density at radius 2 is 1.90 bits per heavy atom. The third kappa shape index (κ3) is 5.62. The molecule has 1 aromatic rings. The van der Waals surface area contributed by atoms with Crippen LogP contribution in [0.4, 0.5) is 5.69 Å². The fourth-order valence-electron chi connectivity index (χ4n) is 1.48. The van der Waals surface area contributed by atoms with Gasteiger partial charge in [-0.25, -0.2) is 4.79 Å². The van der Waals surface area contributed by atoms with Crippen LogP contribution in [0.2, 0.25) is 0 Å². The fourth-order valence-corrected chi connectivity index (χ4v) is 1.48. The lowest BCUT2D eigenvalue weighted by atomic mass is 10.2. The van der Waals surface area contributed by atoms with Crippen molar-refractivity contribution in [2.24, 2.45) is 5.73 Å². The Labute approximate surface area is 122 Å². The molecule has 1 rings (SSSR count). The van der Waals surface area contributed by atoms with E-state index in [-0.39, 0.29) is 0 Å². The van der Waals surface area contributed by atoms with E-state index in [9.17, 15) is 14.4 Å². The quantitative estimate of drug-likeness (QED) is 0.645. The minimum Gasteiger partial charge on any atom is -0.481 e. The Bertz CT molecular complexity index is 513. The summed E-state index contributed by atoms with van der Waals surface area (Å²) in [7, 11) is 0. The van der Waals surface area contributed by atoms with Crippen molar-refractivity contribution in [3.8, 4) is 0 Å². The van der Waals surface area contributed by atoms with E-state index in [1.165, 1.54) is 24.3 Å². The third-order valence-corrected chi connectivity index (χ3v) is 2.56. The number of aliphatic carboxylic acids is 1. The van der Waals surface area contributed by atoms with Crippen LogP contribution in [0.3, 0.4) is 0 Å². The van der Waals surface area contributed by atoms with Crippen molar-refractivity contribution in [1.82, 2.24) is 0 Å². The summed E-state index contributed by atoms with van der Waals surface area (Å²) in [5, 5.41) is 11.0. The van der Waals surface area contributed by atoms with Gasteiger partial charge in [0.05, 0.1) is 24.6 Å². The van der Waals surface area contributed by atoms with E-state index in [0.717, 1.165) is 6.42 Å². The number of carboxylic acids is 1. The largest absolute Gasteiger partial charge is 0.481 e. The van der Waals surface area contributed by atoms with Gasteiger partial charge in [-0.1, -0.05) is 6.92 Å². The van der Waals surface area contributed by atoms with Gasteiger partial charge in [0.15, 0.2) is 0 Å². The molecule has 1 amide bonds. The zero-order valence-corrected chi connectivity index (χ0v) is 11.7. The number of nitrogens with two attached hydrogens (primary N) is 1. The summed E-state index contributed by atoms with van der Waals surface area (Å²) in [6.07, 6.45) is 0.286. The van der Waals surface area contributed by atoms with Crippen LogP contribution in [0, 0.1) is 0 Å². The summed E-state index contributed by atoms with van der Waals surface area (Å²) in [6, 6.07) is 4.94. The van der Waals surface area contributed by atoms with Crippen molar-refractivity contribution in [3.05, 3.63) is 29.8 Å².